The Kier molecular flexibility index (Phi) is 8.97. The quantitative estimate of drug-likeness (QED) is 0.378. The maximum absolute atomic E-state index is 13.5. The van der Waals surface area contributed by atoms with Gasteiger partial charge < -0.3 is 20.9 Å². The van der Waals surface area contributed by atoms with Crippen LogP contribution in [0.1, 0.15) is 40.7 Å². The van der Waals surface area contributed by atoms with Crippen molar-refractivity contribution >= 4 is 34.2 Å². The summed E-state index contributed by atoms with van der Waals surface area (Å²) in [5.74, 6) is 0.00472. The molecular formula is C29H35ClN4O2. The fraction of sp³-hybridized carbons (Fsp3) is 0.379. The van der Waals surface area contributed by atoms with Crippen molar-refractivity contribution in [1.82, 2.24) is 20.9 Å². The van der Waals surface area contributed by atoms with Crippen LogP contribution in [0.5, 0.6) is 0 Å². The standard InChI is InChI=1S/C29H35ClN4O2/c1-20-9-12-25(30)17-24(20)19-34-15-13-26(33-27(29(34)36)8-5-14-31-2)18-32-28(35)23-11-10-21-6-3-4-7-22(21)16-23/h3-4,6-7,9-12,16-17,26-27,31,33H,5,8,13-15,18-19H2,1-2H3,(H,32,35). The summed E-state index contributed by atoms with van der Waals surface area (Å²) >= 11 is 6.23. The lowest BCUT2D eigenvalue weighted by atomic mass is 10.1. The van der Waals surface area contributed by atoms with Gasteiger partial charge in [0.15, 0.2) is 0 Å². The van der Waals surface area contributed by atoms with E-state index in [-0.39, 0.29) is 23.9 Å². The van der Waals surface area contributed by atoms with E-state index >= 15 is 0 Å². The van der Waals surface area contributed by atoms with Crippen LogP contribution in [-0.2, 0) is 11.3 Å². The Balaban J connectivity index is 1.43. The van der Waals surface area contributed by atoms with Crippen LogP contribution >= 0.6 is 11.6 Å². The summed E-state index contributed by atoms with van der Waals surface area (Å²) in [6, 6.07) is 19.3. The second-order valence-corrected chi connectivity index (χ2v) is 9.99. The summed E-state index contributed by atoms with van der Waals surface area (Å²) < 4.78 is 0. The van der Waals surface area contributed by atoms with E-state index in [1.807, 2.05) is 79.5 Å². The number of carbonyl (C=O) groups is 2. The first-order valence-electron chi connectivity index (χ1n) is 12.7. The Bertz CT molecular complexity index is 1210. The van der Waals surface area contributed by atoms with Crippen LogP contribution in [0.2, 0.25) is 5.02 Å². The molecule has 6 nitrogen and oxygen atoms in total. The summed E-state index contributed by atoms with van der Waals surface area (Å²) in [4.78, 5) is 28.3. The number of benzene rings is 3. The van der Waals surface area contributed by atoms with Gasteiger partial charge in [0.25, 0.3) is 5.91 Å². The highest BCUT2D eigenvalue weighted by molar-refractivity contribution is 6.30. The second kappa shape index (κ2) is 12.3. The maximum Gasteiger partial charge on any atom is 0.251 e. The molecule has 190 valence electrons. The summed E-state index contributed by atoms with van der Waals surface area (Å²) in [6.45, 7) is 4.51. The number of fused-ring (bicyclic) bond motifs is 1. The van der Waals surface area contributed by atoms with Gasteiger partial charge in [-0.05, 0) is 85.9 Å². The molecule has 7 heteroatoms. The summed E-state index contributed by atoms with van der Waals surface area (Å²) in [5.41, 5.74) is 2.82. The Labute approximate surface area is 218 Å². The molecule has 2 atom stereocenters. The maximum atomic E-state index is 13.5. The van der Waals surface area contributed by atoms with Gasteiger partial charge in [-0.15, -0.1) is 0 Å². The molecule has 1 fully saturated rings. The molecule has 0 aliphatic carbocycles. The number of rotatable bonds is 9. The number of hydrogen-bond acceptors (Lipinski definition) is 4. The molecule has 0 aromatic heterocycles. The summed E-state index contributed by atoms with van der Waals surface area (Å²) in [7, 11) is 1.92. The minimum absolute atomic E-state index is 0.00315. The molecule has 0 saturated carbocycles. The average Bonchev–Trinajstić information content (AvgIpc) is 3.03. The third-order valence-electron chi connectivity index (χ3n) is 6.91. The van der Waals surface area contributed by atoms with E-state index in [9.17, 15) is 9.59 Å². The molecule has 1 saturated heterocycles. The highest BCUT2D eigenvalue weighted by Crippen LogP contribution is 2.20. The van der Waals surface area contributed by atoms with Crippen LogP contribution in [-0.4, -0.2) is 55.5 Å². The molecule has 2 amide bonds. The Morgan fingerprint density at radius 1 is 1.11 bits per heavy atom. The van der Waals surface area contributed by atoms with Crippen molar-refractivity contribution in [3.05, 3.63) is 82.4 Å². The number of carbonyl (C=O) groups excluding carboxylic acids is 2. The highest BCUT2D eigenvalue weighted by Gasteiger charge is 2.31. The first-order valence-corrected chi connectivity index (χ1v) is 13.0. The average molecular weight is 507 g/mol. The Hall–Kier alpha value is -2.93. The molecule has 36 heavy (non-hydrogen) atoms. The molecular weight excluding hydrogens is 472 g/mol. The molecule has 2 unspecified atom stereocenters. The third kappa shape index (κ3) is 6.64. The molecule has 1 heterocycles. The lowest BCUT2D eigenvalue weighted by Gasteiger charge is -2.25. The van der Waals surface area contributed by atoms with E-state index in [1.165, 1.54) is 0 Å². The molecule has 1 aliphatic heterocycles. The van der Waals surface area contributed by atoms with Crippen LogP contribution in [0.25, 0.3) is 10.8 Å². The molecule has 3 N–H and O–H groups in total. The van der Waals surface area contributed by atoms with Crippen molar-refractivity contribution in [1.29, 1.82) is 0 Å². The zero-order valence-electron chi connectivity index (χ0n) is 21.0. The van der Waals surface area contributed by atoms with Gasteiger partial charge in [-0.1, -0.05) is 48.0 Å². The van der Waals surface area contributed by atoms with Gasteiger partial charge in [0, 0.05) is 36.3 Å². The smallest absolute Gasteiger partial charge is 0.251 e. The van der Waals surface area contributed by atoms with Gasteiger partial charge in [-0.2, -0.15) is 0 Å². The van der Waals surface area contributed by atoms with E-state index in [1.54, 1.807) is 0 Å². The van der Waals surface area contributed by atoms with Gasteiger partial charge in [0.2, 0.25) is 5.91 Å². The van der Waals surface area contributed by atoms with Gasteiger partial charge >= 0.3 is 0 Å². The molecule has 0 radical (unpaired) electrons. The Morgan fingerprint density at radius 3 is 2.72 bits per heavy atom. The highest BCUT2D eigenvalue weighted by atomic mass is 35.5. The monoisotopic (exact) mass is 506 g/mol. The number of amides is 2. The molecule has 4 rings (SSSR count). The van der Waals surface area contributed by atoms with E-state index in [2.05, 4.69) is 16.0 Å². The van der Waals surface area contributed by atoms with Crippen molar-refractivity contribution < 1.29 is 9.59 Å². The van der Waals surface area contributed by atoms with Crippen molar-refractivity contribution in [3.8, 4) is 0 Å². The topological polar surface area (TPSA) is 73.5 Å². The normalized spacial score (nSPS) is 18.3. The number of nitrogens with zero attached hydrogens (tertiary/aromatic N) is 1. The largest absolute Gasteiger partial charge is 0.350 e. The van der Waals surface area contributed by atoms with Crippen molar-refractivity contribution in [2.45, 2.75) is 44.8 Å². The third-order valence-corrected chi connectivity index (χ3v) is 7.14. The molecule has 3 aromatic carbocycles. The van der Waals surface area contributed by atoms with Crippen LogP contribution in [0.15, 0.2) is 60.7 Å². The predicted molar refractivity (Wildman–Crippen MR) is 146 cm³/mol. The minimum Gasteiger partial charge on any atom is -0.350 e. The lowest BCUT2D eigenvalue weighted by molar-refractivity contribution is -0.133. The van der Waals surface area contributed by atoms with Crippen LogP contribution in [0.3, 0.4) is 0 Å². The van der Waals surface area contributed by atoms with Crippen molar-refractivity contribution in [3.63, 3.8) is 0 Å². The number of nitrogens with one attached hydrogen (secondary N) is 3. The SMILES string of the molecule is CNCCCC1NC(CNC(=O)c2ccc3ccccc3c2)CCN(Cc2cc(Cl)ccc2C)C1=O. The van der Waals surface area contributed by atoms with Crippen LogP contribution in [0, 0.1) is 6.92 Å². The van der Waals surface area contributed by atoms with Gasteiger partial charge in [0.05, 0.1) is 6.04 Å². The van der Waals surface area contributed by atoms with E-state index < -0.39 is 0 Å². The first kappa shape index (κ1) is 26.1. The van der Waals surface area contributed by atoms with Crippen molar-refractivity contribution in [2.75, 3.05) is 26.7 Å². The minimum atomic E-state index is -0.289. The zero-order chi connectivity index (χ0) is 25.5. The Morgan fingerprint density at radius 2 is 1.92 bits per heavy atom. The molecule has 0 bridgehead atoms. The zero-order valence-corrected chi connectivity index (χ0v) is 21.8. The number of aryl methyl sites for hydroxylation is 1. The lowest BCUT2D eigenvalue weighted by Crippen LogP contribution is -2.48. The summed E-state index contributed by atoms with van der Waals surface area (Å²) in [5, 5.41) is 12.6. The van der Waals surface area contributed by atoms with E-state index in [0.717, 1.165) is 47.7 Å². The van der Waals surface area contributed by atoms with Gasteiger partial charge in [-0.3, -0.25) is 9.59 Å². The second-order valence-electron chi connectivity index (χ2n) is 9.55. The number of hydrogen-bond donors (Lipinski definition) is 3. The van der Waals surface area contributed by atoms with E-state index in [0.29, 0.717) is 30.2 Å². The fourth-order valence-electron chi connectivity index (χ4n) is 4.75. The first-order chi connectivity index (χ1) is 17.4. The molecule has 1 aliphatic rings. The molecule has 3 aromatic rings. The summed E-state index contributed by atoms with van der Waals surface area (Å²) in [6.07, 6.45) is 2.38. The van der Waals surface area contributed by atoms with Gasteiger partial charge in [0.1, 0.15) is 0 Å². The van der Waals surface area contributed by atoms with Crippen molar-refractivity contribution in [2.24, 2.45) is 0 Å². The van der Waals surface area contributed by atoms with Gasteiger partial charge in [-0.25, -0.2) is 0 Å². The number of halogens is 1. The predicted octanol–water partition coefficient (Wildman–Crippen LogP) is 4.29. The molecule has 0 spiro atoms. The fourth-order valence-corrected chi connectivity index (χ4v) is 4.95. The van der Waals surface area contributed by atoms with Crippen LogP contribution in [0.4, 0.5) is 0 Å². The van der Waals surface area contributed by atoms with Crippen LogP contribution < -0.4 is 16.0 Å². The van der Waals surface area contributed by atoms with E-state index in [4.69, 9.17) is 11.6 Å².